The fourth-order valence-electron chi connectivity index (χ4n) is 1.52. The van der Waals surface area contributed by atoms with E-state index in [2.05, 4.69) is 9.97 Å². The number of thioether (sulfide) groups is 1. The maximum Gasteiger partial charge on any atom is 0.316 e. The zero-order valence-electron chi connectivity index (χ0n) is 11.1. The third-order valence-corrected chi connectivity index (χ3v) is 3.04. The Morgan fingerprint density at radius 2 is 2.26 bits per heavy atom. The summed E-state index contributed by atoms with van der Waals surface area (Å²) < 4.78 is 7.01. The molecule has 0 aliphatic carbocycles. The average molecular weight is 280 g/mol. The summed E-state index contributed by atoms with van der Waals surface area (Å²) in [6.07, 6.45) is 5.12. The van der Waals surface area contributed by atoms with E-state index in [9.17, 15) is 4.79 Å². The molecule has 0 aliphatic heterocycles. The number of fused-ring (bicyclic) bond motifs is 1. The lowest BCUT2D eigenvalue weighted by Crippen LogP contribution is -2.24. The maximum atomic E-state index is 11.7. The average Bonchev–Trinajstić information content (AvgIpc) is 2.71. The molecule has 0 amide bonds. The van der Waals surface area contributed by atoms with Crippen LogP contribution in [0, 0.1) is 0 Å². The van der Waals surface area contributed by atoms with Gasteiger partial charge in [0.2, 0.25) is 0 Å². The van der Waals surface area contributed by atoms with Crippen LogP contribution in [0.2, 0.25) is 0 Å². The van der Waals surface area contributed by atoms with Crippen molar-refractivity contribution in [2.75, 3.05) is 11.5 Å². The van der Waals surface area contributed by atoms with Crippen LogP contribution in [-0.2, 0) is 9.53 Å². The van der Waals surface area contributed by atoms with Gasteiger partial charge >= 0.3 is 5.97 Å². The normalized spacial score (nSPS) is 11.7. The fourth-order valence-corrected chi connectivity index (χ4v) is 2.29. The van der Waals surface area contributed by atoms with Crippen molar-refractivity contribution in [1.82, 2.24) is 14.4 Å². The number of nitrogens with zero attached hydrogens (tertiary/aromatic N) is 3. The molecule has 0 spiro atoms. The van der Waals surface area contributed by atoms with Gasteiger partial charge in [0.15, 0.2) is 5.65 Å². The first-order valence-electron chi connectivity index (χ1n) is 5.79. The Balaban J connectivity index is 2.09. The van der Waals surface area contributed by atoms with E-state index in [0.717, 1.165) is 0 Å². The number of anilines is 1. The van der Waals surface area contributed by atoms with Crippen LogP contribution in [-0.4, -0.2) is 31.7 Å². The molecule has 0 aliphatic rings. The summed E-state index contributed by atoms with van der Waals surface area (Å²) in [7, 11) is 0. The van der Waals surface area contributed by atoms with Crippen molar-refractivity contribution >= 4 is 29.2 Å². The highest BCUT2D eigenvalue weighted by Gasteiger charge is 2.17. The van der Waals surface area contributed by atoms with Crippen molar-refractivity contribution in [2.24, 2.45) is 0 Å². The van der Waals surface area contributed by atoms with E-state index in [-0.39, 0.29) is 11.7 Å². The van der Waals surface area contributed by atoms with Gasteiger partial charge in [-0.3, -0.25) is 4.79 Å². The van der Waals surface area contributed by atoms with Gasteiger partial charge in [-0.05, 0) is 20.8 Å². The number of nitrogen functional groups attached to an aromatic ring is 1. The van der Waals surface area contributed by atoms with Crippen LogP contribution >= 0.6 is 11.8 Å². The zero-order chi connectivity index (χ0) is 14.0. The van der Waals surface area contributed by atoms with Crippen molar-refractivity contribution in [3.05, 3.63) is 18.6 Å². The number of hydrogen-bond acceptors (Lipinski definition) is 6. The minimum atomic E-state index is -0.483. The van der Waals surface area contributed by atoms with Crippen molar-refractivity contribution in [2.45, 2.75) is 31.4 Å². The van der Waals surface area contributed by atoms with E-state index in [0.29, 0.717) is 16.5 Å². The molecule has 2 N–H and O–H groups in total. The second-order valence-electron chi connectivity index (χ2n) is 5.00. The molecule has 2 rings (SSSR count). The molecule has 0 aromatic carbocycles. The van der Waals surface area contributed by atoms with Crippen molar-refractivity contribution < 1.29 is 9.53 Å². The molecule has 0 saturated heterocycles. The number of carbonyl (C=O) groups is 1. The van der Waals surface area contributed by atoms with E-state index in [1.165, 1.54) is 11.8 Å². The predicted octanol–water partition coefficient (Wildman–Crippen LogP) is 1.75. The summed E-state index contributed by atoms with van der Waals surface area (Å²) in [6, 6.07) is 0. The van der Waals surface area contributed by atoms with Gasteiger partial charge in [-0.25, -0.2) is 9.97 Å². The summed E-state index contributed by atoms with van der Waals surface area (Å²) in [5.74, 6) is 0.277. The standard InChI is InChI=1S/C12H16N4O2S/c1-12(2,3)18-9(17)7-19-11-10-14-4-5-16(10)6-8(13)15-11/h4-6H,7,13H2,1-3H3. The van der Waals surface area contributed by atoms with Gasteiger partial charge in [0, 0.05) is 12.4 Å². The SMILES string of the molecule is CC(C)(C)OC(=O)CSc1nc(N)cn2ccnc12. The smallest absolute Gasteiger partial charge is 0.316 e. The second kappa shape index (κ2) is 5.08. The second-order valence-corrected chi connectivity index (χ2v) is 5.97. The van der Waals surface area contributed by atoms with E-state index in [1.807, 2.05) is 20.8 Å². The van der Waals surface area contributed by atoms with Crippen LogP contribution < -0.4 is 5.73 Å². The molecule has 0 fully saturated rings. The van der Waals surface area contributed by atoms with E-state index in [4.69, 9.17) is 10.5 Å². The number of ether oxygens (including phenoxy) is 1. The number of imidazole rings is 1. The Morgan fingerprint density at radius 1 is 1.53 bits per heavy atom. The molecule has 7 heteroatoms. The van der Waals surface area contributed by atoms with Gasteiger partial charge < -0.3 is 14.9 Å². The van der Waals surface area contributed by atoms with Crippen LogP contribution in [0.3, 0.4) is 0 Å². The van der Waals surface area contributed by atoms with E-state index >= 15 is 0 Å². The monoisotopic (exact) mass is 280 g/mol. The highest BCUT2D eigenvalue weighted by atomic mass is 32.2. The van der Waals surface area contributed by atoms with Gasteiger partial charge in [-0.1, -0.05) is 11.8 Å². The van der Waals surface area contributed by atoms with Gasteiger partial charge in [-0.15, -0.1) is 0 Å². The Hall–Kier alpha value is -1.76. The molecule has 0 bridgehead atoms. The Morgan fingerprint density at radius 3 is 2.95 bits per heavy atom. The molecule has 2 aromatic rings. The molecular formula is C12H16N4O2S. The number of hydrogen-bond donors (Lipinski definition) is 1. The lowest BCUT2D eigenvalue weighted by molar-refractivity contribution is -0.151. The summed E-state index contributed by atoms with van der Waals surface area (Å²) in [4.78, 5) is 20.0. The third kappa shape index (κ3) is 3.60. The summed E-state index contributed by atoms with van der Waals surface area (Å²) in [5.41, 5.74) is 5.90. The van der Waals surface area contributed by atoms with Crippen LogP contribution in [0.4, 0.5) is 5.82 Å². The molecule has 0 unspecified atom stereocenters. The number of nitrogens with two attached hydrogens (primary N) is 1. The molecule has 0 saturated carbocycles. The van der Waals surface area contributed by atoms with Crippen molar-refractivity contribution in [3.8, 4) is 0 Å². The van der Waals surface area contributed by atoms with Crippen LogP contribution in [0.25, 0.3) is 5.65 Å². The van der Waals surface area contributed by atoms with Gasteiger partial charge in [-0.2, -0.15) is 0 Å². The molecule has 0 atom stereocenters. The molecule has 2 aromatic heterocycles. The first kappa shape index (κ1) is 13.7. The quantitative estimate of drug-likeness (QED) is 0.681. The molecule has 102 valence electrons. The predicted molar refractivity (Wildman–Crippen MR) is 74.0 cm³/mol. The van der Waals surface area contributed by atoms with E-state index < -0.39 is 5.60 Å². The van der Waals surface area contributed by atoms with Gasteiger partial charge in [0.25, 0.3) is 0 Å². The van der Waals surface area contributed by atoms with E-state index in [1.54, 1.807) is 23.0 Å². The highest BCUT2D eigenvalue weighted by Crippen LogP contribution is 2.22. The number of esters is 1. The number of rotatable bonds is 3. The largest absolute Gasteiger partial charge is 0.459 e. The Kier molecular flexibility index (Phi) is 3.66. The number of carbonyl (C=O) groups excluding carboxylic acids is 1. The summed E-state index contributed by atoms with van der Waals surface area (Å²) in [6.45, 7) is 5.50. The fraction of sp³-hybridized carbons (Fsp3) is 0.417. The van der Waals surface area contributed by atoms with Crippen LogP contribution in [0.15, 0.2) is 23.6 Å². The molecule has 6 nitrogen and oxygen atoms in total. The molecule has 0 radical (unpaired) electrons. The Bertz CT molecular complexity index is 603. The van der Waals surface area contributed by atoms with Gasteiger partial charge in [0.1, 0.15) is 16.4 Å². The Labute approximate surface area is 115 Å². The van der Waals surface area contributed by atoms with Crippen molar-refractivity contribution in [1.29, 1.82) is 0 Å². The first-order valence-corrected chi connectivity index (χ1v) is 6.77. The first-order chi connectivity index (χ1) is 8.85. The molecule has 19 heavy (non-hydrogen) atoms. The maximum absolute atomic E-state index is 11.7. The third-order valence-electron chi connectivity index (χ3n) is 2.11. The topological polar surface area (TPSA) is 82.5 Å². The highest BCUT2D eigenvalue weighted by molar-refractivity contribution is 8.00. The van der Waals surface area contributed by atoms with Gasteiger partial charge in [0.05, 0.1) is 11.9 Å². The minimum Gasteiger partial charge on any atom is -0.459 e. The summed E-state index contributed by atoms with van der Waals surface area (Å²) in [5, 5.41) is 0.621. The number of aromatic nitrogens is 3. The summed E-state index contributed by atoms with van der Waals surface area (Å²) >= 11 is 1.27. The lowest BCUT2D eigenvalue weighted by Gasteiger charge is -2.19. The zero-order valence-corrected chi connectivity index (χ0v) is 11.9. The van der Waals surface area contributed by atoms with Crippen LogP contribution in [0.1, 0.15) is 20.8 Å². The minimum absolute atomic E-state index is 0.177. The molecular weight excluding hydrogens is 264 g/mol. The lowest BCUT2D eigenvalue weighted by atomic mass is 10.2. The van der Waals surface area contributed by atoms with Crippen LogP contribution in [0.5, 0.6) is 0 Å². The molecule has 2 heterocycles. The van der Waals surface area contributed by atoms with Crippen molar-refractivity contribution in [3.63, 3.8) is 0 Å².